The number of rotatable bonds is 1. The maximum atomic E-state index is 5.18. The molecule has 0 saturated heterocycles. The second kappa shape index (κ2) is 3.05. The minimum absolute atomic E-state index is 0.855. The van der Waals surface area contributed by atoms with Crippen molar-refractivity contribution in [2.24, 2.45) is 0 Å². The Morgan fingerprint density at radius 1 is 1.38 bits per heavy atom. The highest BCUT2D eigenvalue weighted by Crippen LogP contribution is 2.20. The first-order valence-electron chi connectivity index (χ1n) is 4.30. The van der Waals surface area contributed by atoms with Crippen LogP contribution in [0.3, 0.4) is 0 Å². The van der Waals surface area contributed by atoms with Crippen LogP contribution in [-0.2, 0) is 0 Å². The summed E-state index contributed by atoms with van der Waals surface area (Å²) in [6.45, 7) is 4.01. The van der Waals surface area contributed by atoms with E-state index in [1.54, 1.807) is 0 Å². The monoisotopic (exact) mass is 173 g/mol. The summed E-state index contributed by atoms with van der Waals surface area (Å²) >= 11 is 0. The summed E-state index contributed by atoms with van der Waals surface area (Å²) in [5, 5.41) is 5.04. The zero-order valence-electron chi connectivity index (χ0n) is 7.74. The molecule has 1 aromatic carbocycles. The van der Waals surface area contributed by atoms with Gasteiger partial charge in [-0.15, -0.1) is 0 Å². The summed E-state index contributed by atoms with van der Waals surface area (Å²) in [6, 6.07) is 6.10. The van der Waals surface area contributed by atoms with E-state index in [1.165, 1.54) is 5.56 Å². The highest BCUT2D eigenvalue weighted by molar-refractivity contribution is 5.85. The van der Waals surface area contributed by atoms with Gasteiger partial charge in [0.25, 0.3) is 0 Å². The van der Waals surface area contributed by atoms with Crippen LogP contribution < -0.4 is 0 Å². The molecule has 0 saturated carbocycles. The van der Waals surface area contributed by atoms with Gasteiger partial charge in [-0.25, -0.2) is 0 Å². The Morgan fingerprint density at radius 3 is 3.00 bits per heavy atom. The summed E-state index contributed by atoms with van der Waals surface area (Å²) in [4.78, 5) is 0. The Hall–Kier alpha value is -1.57. The van der Waals surface area contributed by atoms with Crippen LogP contribution in [0.1, 0.15) is 18.2 Å². The first-order chi connectivity index (χ1) is 6.31. The quantitative estimate of drug-likeness (QED) is 0.662. The summed E-state index contributed by atoms with van der Waals surface area (Å²) in [5.74, 6) is 0. The minimum atomic E-state index is 0.855. The molecule has 0 atom stereocenters. The Morgan fingerprint density at radius 2 is 2.23 bits per heavy atom. The molecule has 0 unspecified atom stereocenters. The predicted molar refractivity (Wildman–Crippen MR) is 53.5 cm³/mol. The van der Waals surface area contributed by atoms with Gasteiger partial charge in [-0.3, -0.25) is 0 Å². The van der Waals surface area contributed by atoms with Crippen molar-refractivity contribution < 1.29 is 4.52 Å². The lowest BCUT2D eigenvalue weighted by atomic mass is 10.1. The molecule has 0 aliphatic heterocycles. The van der Waals surface area contributed by atoms with Crippen LogP contribution in [0.15, 0.2) is 28.8 Å². The van der Waals surface area contributed by atoms with E-state index in [2.05, 4.69) is 11.2 Å². The number of aryl methyl sites for hydroxylation is 1. The van der Waals surface area contributed by atoms with Crippen molar-refractivity contribution in [1.82, 2.24) is 5.16 Å². The van der Waals surface area contributed by atoms with Gasteiger partial charge < -0.3 is 4.52 Å². The van der Waals surface area contributed by atoms with E-state index in [9.17, 15) is 0 Å². The number of hydrogen-bond acceptors (Lipinski definition) is 2. The highest BCUT2D eigenvalue weighted by Gasteiger charge is 2.03. The third-order valence-electron chi connectivity index (χ3n) is 1.98. The molecule has 0 spiro atoms. The second-order valence-electron chi connectivity index (χ2n) is 3.07. The molecule has 66 valence electrons. The molecule has 2 nitrogen and oxygen atoms in total. The number of benzene rings is 1. The van der Waals surface area contributed by atoms with Gasteiger partial charge in [0.05, 0.1) is 0 Å². The van der Waals surface area contributed by atoms with Crippen molar-refractivity contribution in [1.29, 1.82) is 0 Å². The number of fused-ring (bicyclic) bond motifs is 1. The highest BCUT2D eigenvalue weighted by atomic mass is 16.5. The van der Waals surface area contributed by atoms with E-state index in [0.29, 0.717) is 0 Å². The SMILES string of the molecule is CC=Cc1noc2cc(C)ccc12. The molecule has 0 aliphatic rings. The van der Waals surface area contributed by atoms with E-state index < -0.39 is 0 Å². The molecule has 0 bridgehead atoms. The maximum Gasteiger partial charge on any atom is 0.167 e. The van der Waals surface area contributed by atoms with Gasteiger partial charge in [0.2, 0.25) is 0 Å². The molecule has 2 aromatic rings. The van der Waals surface area contributed by atoms with Crippen LogP contribution >= 0.6 is 0 Å². The van der Waals surface area contributed by atoms with Crippen molar-refractivity contribution in [2.45, 2.75) is 13.8 Å². The first kappa shape index (κ1) is 8.05. The predicted octanol–water partition coefficient (Wildman–Crippen LogP) is 3.17. The van der Waals surface area contributed by atoms with Crippen LogP contribution in [0.4, 0.5) is 0 Å². The van der Waals surface area contributed by atoms with Gasteiger partial charge in [0.1, 0.15) is 5.69 Å². The van der Waals surface area contributed by atoms with Crippen molar-refractivity contribution in [3.8, 4) is 0 Å². The van der Waals surface area contributed by atoms with Gasteiger partial charge in [0.15, 0.2) is 5.58 Å². The van der Waals surface area contributed by atoms with Crippen molar-refractivity contribution in [3.05, 3.63) is 35.5 Å². The summed E-state index contributed by atoms with van der Waals surface area (Å²) in [5.41, 5.74) is 2.95. The summed E-state index contributed by atoms with van der Waals surface area (Å²) in [6.07, 6.45) is 3.90. The van der Waals surface area contributed by atoms with Gasteiger partial charge in [-0.2, -0.15) is 0 Å². The minimum Gasteiger partial charge on any atom is -0.356 e. The van der Waals surface area contributed by atoms with E-state index in [0.717, 1.165) is 16.7 Å². The molecular formula is C11H11NO. The number of hydrogen-bond donors (Lipinski definition) is 0. The van der Waals surface area contributed by atoms with Gasteiger partial charge >= 0.3 is 0 Å². The number of nitrogens with zero attached hydrogens (tertiary/aromatic N) is 1. The van der Waals surface area contributed by atoms with Crippen LogP contribution in [0, 0.1) is 6.92 Å². The normalized spacial score (nSPS) is 11.5. The number of allylic oxidation sites excluding steroid dienone is 1. The average molecular weight is 173 g/mol. The van der Waals surface area contributed by atoms with Gasteiger partial charge in [0, 0.05) is 5.39 Å². The molecule has 0 fully saturated rings. The molecule has 1 aromatic heterocycles. The largest absolute Gasteiger partial charge is 0.356 e. The molecule has 2 heteroatoms. The van der Waals surface area contributed by atoms with Crippen molar-refractivity contribution in [2.75, 3.05) is 0 Å². The van der Waals surface area contributed by atoms with E-state index in [1.807, 2.05) is 38.1 Å². The van der Waals surface area contributed by atoms with E-state index in [4.69, 9.17) is 4.52 Å². The smallest absolute Gasteiger partial charge is 0.167 e. The summed E-state index contributed by atoms with van der Waals surface area (Å²) < 4.78 is 5.18. The third-order valence-corrected chi connectivity index (χ3v) is 1.98. The fourth-order valence-electron chi connectivity index (χ4n) is 1.34. The Labute approximate surface area is 76.8 Å². The van der Waals surface area contributed by atoms with Crippen LogP contribution in [-0.4, -0.2) is 5.16 Å². The first-order valence-corrected chi connectivity index (χ1v) is 4.30. The zero-order valence-corrected chi connectivity index (χ0v) is 7.74. The molecule has 0 N–H and O–H groups in total. The van der Waals surface area contributed by atoms with Crippen molar-refractivity contribution in [3.63, 3.8) is 0 Å². The van der Waals surface area contributed by atoms with Crippen LogP contribution in [0.25, 0.3) is 17.0 Å². The lowest BCUT2D eigenvalue weighted by Gasteiger charge is -1.89. The van der Waals surface area contributed by atoms with Crippen LogP contribution in [0.2, 0.25) is 0 Å². The van der Waals surface area contributed by atoms with Gasteiger partial charge in [-0.05, 0) is 37.6 Å². The molecule has 1 heterocycles. The molecule has 13 heavy (non-hydrogen) atoms. The Bertz CT molecular complexity index is 454. The van der Waals surface area contributed by atoms with Crippen molar-refractivity contribution >= 4 is 17.0 Å². The third kappa shape index (κ3) is 1.35. The van der Waals surface area contributed by atoms with E-state index in [-0.39, 0.29) is 0 Å². The summed E-state index contributed by atoms with van der Waals surface area (Å²) in [7, 11) is 0. The topological polar surface area (TPSA) is 26.0 Å². The van der Waals surface area contributed by atoms with E-state index >= 15 is 0 Å². The molecule has 0 radical (unpaired) electrons. The average Bonchev–Trinajstić information content (AvgIpc) is 2.49. The molecular weight excluding hydrogens is 162 g/mol. The van der Waals surface area contributed by atoms with Gasteiger partial charge in [-0.1, -0.05) is 17.3 Å². The molecule has 0 aliphatic carbocycles. The lowest BCUT2D eigenvalue weighted by Crippen LogP contribution is -1.72. The zero-order chi connectivity index (χ0) is 9.26. The lowest BCUT2D eigenvalue weighted by molar-refractivity contribution is 0.454. The molecule has 0 amide bonds. The fraction of sp³-hybridized carbons (Fsp3) is 0.182. The second-order valence-corrected chi connectivity index (χ2v) is 3.07. The standard InChI is InChI=1S/C11H11NO/c1-3-4-10-9-6-5-8(2)7-11(9)13-12-10/h3-7H,1-2H3. The fourth-order valence-corrected chi connectivity index (χ4v) is 1.34. The Kier molecular flexibility index (Phi) is 1.89. The van der Waals surface area contributed by atoms with Crippen LogP contribution in [0.5, 0.6) is 0 Å². The maximum absolute atomic E-state index is 5.18. The Balaban J connectivity index is 2.68. The number of aromatic nitrogens is 1. The molecule has 2 rings (SSSR count).